The highest BCUT2D eigenvalue weighted by Crippen LogP contribution is 2.31. The molecular weight excluding hydrogens is 258 g/mol. The van der Waals surface area contributed by atoms with E-state index < -0.39 is 0 Å². The fraction of sp³-hybridized carbons (Fsp3) is 0.684. The third kappa shape index (κ3) is 4.00. The fourth-order valence-electron chi connectivity index (χ4n) is 3.84. The third-order valence-corrected chi connectivity index (χ3v) is 5.44. The number of benzene rings is 1. The van der Waals surface area contributed by atoms with Crippen LogP contribution in [0.4, 0.5) is 5.69 Å². The Labute approximate surface area is 129 Å². The lowest BCUT2D eigenvalue weighted by atomic mass is 9.80. The molecule has 3 rings (SSSR count). The zero-order valence-electron chi connectivity index (χ0n) is 13.3. The van der Waals surface area contributed by atoms with Crippen molar-refractivity contribution >= 4 is 5.69 Å². The summed E-state index contributed by atoms with van der Waals surface area (Å²) in [6.07, 6.45) is 9.08. The minimum absolute atomic E-state index is 0.140. The van der Waals surface area contributed by atoms with Gasteiger partial charge in [-0.2, -0.15) is 0 Å². The van der Waals surface area contributed by atoms with Crippen LogP contribution in [0.2, 0.25) is 0 Å². The molecule has 2 nitrogen and oxygen atoms in total. The zero-order chi connectivity index (χ0) is 14.7. The van der Waals surface area contributed by atoms with Crippen molar-refractivity contribution in [3.63, 3.8) is 0 Å². The second-order valence-electron chi connectivity index (χ2n) is 7.22. The predicted octanol–water partition coefficient (Wildman–Crippen LogP) is 4.02. The van der Waals surface area contributed by atoms with Crippen LogP contribution in [0.25, 0.3) is 0 Å². The van der Waals surface area contributed by atoms with Crippen molar-refractivity contribution in [1.29, 1.82) is 0 Å². The maximum absolute atomic E-state index is 9.62. The van der Waals surface area contributed by atoms with E-state index in [9.17, 15) is 5.11 Å². The molecule has 1 atom stereocenters. The molecule has 1 aliphatic heterocycles. The van der Waals surface area contributed by atoms with E-state index in [0.29, 0.717) is 0 Å². The van der Waals surface area contributed by atoms with Gasteiger partial charge in [0.15, 0.2) is 0 Å². The number of hydrogen-bond acceptors (Lipinski definition) is 2. The second-order valence-corrected chi connectivity index (χ2v) is 7.22. The van der Waals surface area contributed by atoms with Gasteiger partial charge in [0.1, 0.15) is 0 Å². The van der Waals surface area contributed by atoms with Crippen LogP contribution >= 0.6 is 0 Å². The summed E-state index contributed by atoms with van der Waals surface area (Å²) in [6, 6.07) is 9.03. The summed E-state index contributed by atoms with van der Waals surface area (Å²) >= 11 is 0. The van der Waals surface area contributed by atoms with E-state index >= 15 is 0 Å². The lowest BCUT2D eigenvalue weighted by Gasteiger charge is -2.26. The van der Waals surface area contributed by atoms with Crippen LogP contribution in [0.3, 0.4) is 0 Å². The Bertz CT molecular complexity index is 433. The molecule has 1 N–H and O–H groups in total. The van der Waals surface area contributed by atoms with Crippen molar-refractivity contribution in [2.45, 2.75) is 58.0 Å². The monoisotopic (exact) mass is 287 g/mol. The number of hydrogen-bond donors (Lipinski definition) is 1. The van der Waals surface area contributed by atoms with E-state index in [4.69, 9.17) is 0 Å². The van der Waals surface area contributed by atoms with Gasteiger partial charge in [-0.3, -0.25) is 0 Å². The summed E-state index contributed by atoms with van der Waals surface area (Å²) in [6.45, 7) is 4.17. The smallest absolute Gasteiger partial charge is 0.0731 e. The number of rotatable bonds is 4. The van der Waals surface area contributed by atoms with E-state index in [2.05, 4.69) is 36.1 Å². The Morgan fingerprint density at radius 2 is 1.76 bits per heavy atom. The summed E-state index contributed by atoms with van der Waals surface area (Å²) in [5.74, 6) is 1.91. The van der Waals surface area contributed by atoms with E-state index in [1.54, 1.807) is 0 Å². The molecule has 1 heterocycles. The van der Waals surface area contributed by atoms with Gasteiger partial charge in [0.2, 0.25) is 0 Å². The van der Waals surface area contributed by atoms with Gasteiger partial charge in [-0.1, -0.05) is 44.7 Å². The number of aliphatic hydroxyl groups is 1. The summed E-state index contributed by atoms with van der Waals surface area (Å²) in [5.41, 5.74) is 2.74. The number of β-amino-alcohol motifs (C(OH)–C–C–N with tert-alkyl or cyclic N) is 1. The Balaban J connectivity index is 1.48. The normalized spacial score (nSPS) is 29.8. The number of aryl methyl sites for hydroxylation is 1. The molecule has 2 fully saturated rings. The van der Waals surface area contributed by atoms with E-state index in [1.807, 2.05) is 0 Å². The number of anilines is 1. The standard InChI is InChI=1S/C19H29NO/c1-15-2-4-16(5-3-15)6-7-17-8-10-18(11-9-17)20-13-12-19(21)14-20/h8-11,15-16,19,21H,2-7,12-14H2,1H3. The van der Waals surface area contributed by atoms with Crippen LogP contribution in [0.15, 0.2) is 24.3 Å². The van der Waals surface area contributed by atoms with Crippen LogP contribution in [-0.2, 0) is 6.42 Å². The van der Waals surface area contributed by atoms with Crippen molar-refractivity contribution in [3.8, 4) is 0 Å². The highest BCUT2D eigenvalue weighted by Gasteiger charge is 2.20. The second kappa shape index (κ2) is 6.83. The van der Waals surface area contributed by atoms with Crippen LogP contribution in [0, 0.1) is 11.8 Å². The summed E-state index contributed by atoms with van der Waals surface area (Å²) < 4.78 is 0. The van der Waals surface area contributed by atoms with Crippen LogP contribution in [0.1, 0.15) is 51.0 Å². The van der Waals surface area contributed by atoms with Crippen molar-refractivity contribution in [2.24, 2.45) is 11.8 Å². The fourth-order valence-corrected chi connectivity index (χ4v) is 3.84. The first-order valence-corrected chi connectivity index (χ1v) is 8.72. The molecular formula is C19H29NO. The molecule has 0 amide bonds. The Morgan fingerprint density at radius 3 is 2.38 bits per heavy atom. The summed E-state index contributed by atoms with van der Waals surface area (Å²) in [4.78, 5) is 2.29. The van der Waals surface area contributed by atoms with Gasteiger partial charge in [-0.05, 0) is 48.8 Å². The van der Waals surface area contributed by atoms with Gasteiger partial charge >= 0.3 is 0 Å². The van der Waals surface area contributed by atoms with E-state index in [0.717, 1.165) is 31.3 Å². The van der Waals surface area contributed by atoms with Gasteiger partial charge in [0.25, 0.3) is 0 Å². The molecule has 0 spiro atoms. The predicted molar refractivity (Wildman–Crippen MR) is 88.7 cm³/mol. The van der Waals surface area contributed by atoms with Gasteiger partial charge in [0, 0.05) is 18.8 Å². The molecule has 1 saturated carbocycles. The van der Waals surface area contributed by atoms with Crippen molar-refractivity contribution in [3.05, 3.63) is 29.8 Å². The van der Waals surface area contributed by atoms with Crippen LogP contribution in [0.5, 0.6) is 0 Å². The molecule has 1 aliphatic carbocycles. The summed E-state index contributed by atoms with van der Waals surface area (Å²) in [7, 11) is 0. The lowest BCUT2D eigenvalue weighted by Crippen LogP contribution is -2.20. The molecule has 21 heavy (non-hydrogen) atoms. The Kier molecular flexibility index (Phi) is 4.84. The minimum atomic E-state index is -0.140. The Morgan fingerprint density at radius 1 is 1.05 bits per heavy atom. The van der Waals surface area contributed by atoms with E-state index in [1.165, 1.54) is 49.8 Å². The first kappa shape index (κ1) is 14.9. The lowest BCUT2D eigenvalue weighted by molar-refractivity contribution is 0.198. The molecule has 2 heteroatoms. The average molecular weight is 287 g/mol. The highest BCUT2D eigenvalue weighted by molar-refractivity contribution is 5.48. The maximum atomic E-state index is 9.62. The average Bonchev–Trinajstić information content (AvgIpc) is 2.94. The largest absolute Gasteiger partial charge is 0.391 e. The molecule has 0 radical (unpaired) electrons. The molecule has 1 unspecified atom stereocenters. The highest BCUT2D eigenvalue weighted by atomic mass is 16.3. The maximum Gasteiger partial charge on any atom is 0.0731 e. The minimum Gasteiger partial charge on any atom is -0.391 e. The topological polar surface area (TPSA) is 23.5 Å². The van der Waals surface area contributed by atoms with Gasteiger partial charge < -0.3 is 10.0 Å². The quantitative estimate of drug-likeness (QED) is 0.904. The molecule has 1 aromatic rings. The van der Waals surface area contributed by atoms with Crippen LogP contribution in [-0.4, -0.2) is 24.3 Å². The van der Waals surface area contributed by atoms with Crippen molar-refractivity contribution in [1.82, 2.24) is 0 Å². The van der Waals surface area contributed by atoms with E-state index in [-0.39, 0.29) is 6.10 Å². The van der Waals surface area contributed by atoms with Crippen molar-refractivity contribution in [2.75, 3.05) is 18.0 Å². The third-order valence-electron chi connectivity index (χ3n) is 5.44. The number of nitrogens with zero attached hydrogens (tertiary/aromatic N) is 1. The van der Waals surface area contributed by atoms with Crippen molar-refractivity contribution < 1.29 is 5.11 Å². The number of aliphatic hydroxyl groups excluding tert-OH is 1. The van der Waals surface area contributed by atoms with Gasteiger partial charge in [0.05, 0.1) is 6.10 Å². The first-order chi connectivity index (χ1) is 10.2. The summed E-state index contributed by atoms with van der Waals surface area (Å²) in [5, 5.41) is 9.62. The SMILES string of the molecule is CC1CCC(CCc2ccc(N3CCC(O)C3)cc2)CC1. The molecule has 0 aromatic heterocycles. The molecule has 2 aliphatic rings. The Hall–Kier alpha value is -1.02. The molecule has 116 valence electrons. The molecule has 1 saturated heterocycles. The van der Waals surface area contributed by atoms with Gasteiger partial charge in [-0.15, -0.1) is 0 Å². The molecule has 0 bridgehead atoms. The van der Waals surface area contributed by atoms with Gasteiger partial charge in [-0.25, -0.2) is 0 Å². The first-order valence-electron chi connectivity index (χ1n) is 8.72. The van der Waals surface area contributed by atoms with Crippen LogP contribution < -0.4 is 4.90 Å². The zero-order valence-corrected chi connectivity index (χ0v) is 13.3. The molecule has 1 aromatic carbocycles.